The van der Waals surface area contributed by atoms with E-state index >= 15 is 0 Å². The number of hydrogen-bond donors (Lipinski definition) is 1. The molecule has 3 heteroatoms. The van der Waals surface area contributed by atoms with Crippen molar-refractivity contribution < 1.29 is 5.21 Å². The fourth-order valence-electron chi connectivity index (χ4n) is 3.07. The number of fused-ring (bicyclic) bond motifs is 2. The van der Waals surface area contributed by atoms with E-state index in [2.05, 4.69) is 25.1 Å². The van der Waals surface area contributed by atoms with Gasteiger partial charge in [-0.3, -0.25) is 0 Å². The molecule has 2 atom stereocenters. The first kappa shape index (κ1) is 8.55. The standard InChI is InChI=1S/C10H14N2O/c1-9(2)7-3-4-10(5-7,6-11)8(9)12-13/h7,13H,3-5H2,1-2H3/b12-8+. The van der Waals surface area contributed by atoms with Crippen molar-refractivity contribution in [2.75, 3.05) is 0 Å². The second kappa shape index (κ2) is 2.25. The Hall–Kier alpha value is -1.04. The molecular weight excluding hydrogens is 164 g/mol. The van der Waals surface area contributed by atoms with E-state index in [0.29, 0.717) is 11.6 Å². The Kier molecular flexibility index (Phi) is 1.48. The van der Waals surface area contributed by atoms with Gasteiger partial charge in [-0.1, -0.05) is 19.0 Å². The SMILES string of the molecule is CC1(C)/C(=N\O)C2(C#N)CCC1C2. The lowest BCUT2D eigenvalue weighted by atomic mass is 9.71. The summed E-state index contributed by atoms with van der Waals surface area (Å²) in [4.78, 5) is 0. The van der Waals surface area contributed by atoms with Gasteiger partial charge in [-0.05, 0) is 25.2 Å². The Balaban J connectivity index is 2.51. The third kappa shape index (κ3) is 0.810. The molecule has 0 amide bonds. The van der Waals surface area contributed by atoms with Gasteiger partial charge in [0.25, 0.3) is 0 Å². The van der Waals surface area contributed by atoms with Crippen LogP contribution in [0.1, 0.15) is 33.1 Å². The van der Waals surface area contributed by atoms with Crippen LogP contribution in [0.5, 0.6) is 0 Å². The third-order valence-corrected chi connectivity index (χ3v) is 3.91. The zero-order valence-electron chi connectivity index (χ0n) is 8.04. The summed E-state index contributed by atoms with van der Waals surface area (Å²) in [6, 6.07) is 2.33. The fraction of sp³-hybridized carbons (Fsp3) is 0.800. The van der Waals surface area contributed by atoms with Crippen molar-refractivity contribution in [3.05, 3.63) is 0 Å². The molecule has 2 fully saturated rings. The predicted molar refractivity (Wildman–Crippen MR) is 48.4 cm³/mol. The van der Waals surface area contributed by atoms with Crippen LogP contribution in [-0.4, -0.2) is 10.9 Å². The van der Waals surface area contributed by atoms with Crippen LogP contribution in [0.2, 0.25) is 0 Å². The van der Waals surface area contributed by atoms with Crippen molar-refractivity contribution in [1.82, 2.24) is 0 Å². The molecule has 2 aliphatic carbocycles. The van der Waals surface area contributed by atoms with E-state index in [0.717, 1.165) is 19.3 Å². The van der Waals surface area contributed by atoms with Gasteiger partial charge in [-0.2, -0.15) is 5.26 Å². The van der Waals surface area contributed by atoms with Crippen LogP contribution in [-0.2, 0) is 0 Å². The quantitative estimate of drug-likeness (QED) is 0.456. The van der Waals surface area contributed by atoms with Crippen molar-refractivity contribution in [3.63, 3.8) is 0 Å². The molecule has 0 aromatic heterocycles. The molecule has 0 saturated heterocycles. The first-order chi connectivity index (χ1) is 6.07. The molecule has 2 unspecified atom stereocenters. The summed E-state index contributed by atoms with van der Waals surface area (Å²) in [5.41, 5.74) is 0.185. The monoisotopic (exact) mass is 178 g/mol. The van der Waals surface area contributed by atoms with E-state index in [9.17, 15) is 0 Å². The molecule has 2 bridgehead atoms. The average Bonchev–Trinajstić information content (AvgIpc) is 2.58. The summed E-state index contributed by atoms with van der Waals surface area (Å²) in [7, 11) is 0. The van der Waals surface area contributed by atoms with Crippen molar-refractivity contribution in [2.24, 2.45) is 21.9 Å². The fourth-order valence-corrected chi connectivity index (χ4v) is 3.07. The van der Waals surface area contributed by atoms with Gasteiger partial charge in [-0.25, -0.2) is 0 Å². The van der Waals surface area contributed by atoms with Gasteiger partial charge in [0.2, 0.25) is 0 Å². The van der Waals surface area contributed by atoms with Gasteiger partial charge >= 0.3 is 0 Å². The maximum Gasteiger partial charge on any atom is 0.0995 e. The Bertz CT molecular complexity index is 313. The Morgan fingerprint density at radius 1 is 1.62 bits per heavy atom. The average molecular weight is 178 g/mol. The lowest BCUT2D eigenvalue weighted by Crippen LogP contribution is -2.36. The topological polar surface area (TPSA) is 56.4 Å². The summed E-state index contributed by atoms with van der Waals surface area (Å²) >= 11 is 0. The minimum absolute atomic E-state index is 0.0806. The molecule has 3 nitrogen and oxygen atoms in total. The summed E-state index contributed by atoms with van der Waals surface area (Å²) in [6.45, 7) is 4.15. The number of nitrogens with zero attached hydrogens (tertiary/aromatic N) is 2. The van der Waals surface area contributed by atoms with Gasteiger partial charge < -0.3 is 5.21 Å². The van der Waals surface area contributed by atoms with Crippen LogP contribution in [0.3, 0.4) is 0 Å². The van der Waals surface area contributed by atoms with E-state index in [-0.39, 0.29) is 5.41 Å². The van der Waals surface area contributed by atoms with Crippen LogP contribution in [0.15, 0.2) is 5.16 Å². The largest absolute Gasteiger partial charge is 0.411 e. The van der Waals surface area contributed by atoms with Crippen LogP contribution < -0.4 is 0 Å². The highest BCUT2D eigenvalue weighted by Gasteiger charge is 2.60. The number of nitriles is 1. The lowest BCUT2D eigenvalue weighted by Gasteiger charge is -2.32. The van der Waals surface area contributed by atoms with E-state index in [1.807, 2.05) is 0 Å². The zero-order valence-corrected chi connectivity index (χ0v) is 8.04. The highest BCUT2D eigenvalue weighted by Crippen LogP contribution is 2.60. The van der Waals surface area contributed by atoms with Crippen LogP contribution >= 0.6 is 0 Å². The van der Waals surface area contributed by atoms with E-state index < -0.39 is 5.41 Å². The Labute approximate surface area is 78.0 Å². The molecule has 0 aliphatic heterocycles. The van der Waals surface area contributed by atoms with Crippen LogP contribution in [0, 0.1) is 28.1 Å². The number of oxime groups is 1. The number of hydrogen-bond acceptors (Lipinski definition) is 3. The molecule has 2 rings (SSSR count). The molecule has 70 valence electrons. The van der Waals surface area contributed by atoms with Gasteiger partial charge in [0.05, 0.1) is 17.2 Å². The molecule has 1 N–H and O–H groups in total. The van der Waals surface area contributed by atoms with Gasteiger partial charge in [0, 0.05) is 5.41 Å². The second-order valence-electron chi connectivity index (χ2n) is 4.80. The molecule has 0 spiro atoms. The van der Waals surface area contributed by atoms with Gasteiger partial charge in [-0.15, -0.1) is 0 Å². The normalized spacial score (nSPS) is 43.8. The maximum absolute atomic E-state index is 9.14. The Morgan fingerprint density at radius 3 is 2.77 bits per heavy atom. The van der Waals surface area contributed by atoms with Crippen molar-refractivity contribution in [2.45, 2.75) is 33.1 Å². The highest BCUT2D eigenvalue weighted by molar-refractivity contribution is 5.99. The molecule has 2 aliphatic rings. The van der Waals surface area contributed by atoms with Crippen LogP contribution in [0.25, 0.3) is 0 Å². The second-order valence-corrected chi connectivity index (χ2v) is 4.80. The summed E-state index contributed by atoms with van der Waals surface area (Å²) in [6.07, 6.45) is 2.85. The molecule has 0 heterocycles. The minimum Gasteiger partial charge on any atom is -0.411 e. The van der Waals surface area contributed by atoms with E-state index in [1.165, 1.54) is 0 Å². The predicted octanol–water partition coefficient (Wildman–Crippen LogP) is 2.17. The zero-order chi connectivity index (χ0) is 9.69. The number of rotatable bonds is 0. The van der Waals surface area contributed by atoms with Crippen molar-refractivity contribution >= 4 is 5.71 Å². The van der Waals surface area contributed by atoms with Crippen molar-refractivity contribution in [3.8, 4) is 6.07 Å². The maximum atomic E-state index is 9.14. The molecule has 2 saturated carbocycles. The van der Waals surface area contributed by atoms with E-state index in [1.54, 1.807) is 0 Å². The molecule has 0 aromatic rings. The van der Waals surface area contributed by atoms with E-state index in [4.69, 9.17) is 10.5 Å². The summed E-state index contributed by atoms with van der Waals surface area (Å²) < 4.78 is 0. The summed E-state index contributed by atoms with van der Waals surface area (Å²) in [5, 5.41) is 21.5. The highest BCUT2D eigenvalue weighted by atomic mass is 16.4. The molecular formula is C10H14N2O. The molecule has 13 heavy (non-hydrogen) atoms. The lowest BCUT2D eigenvalue weighted by molar-refractivity contribution is 0.282. The van der Waals surface area contributed by atoms with Crippen molar-refractivity contribution in [1.29, 1.82) is 5.26 Å². The third-order valence-electron chi connectivity index (χ3n) is 3.91. The smallest absolute Gasteiger partial charge is 0.0995 e. The first-order valence-corrected chi connectivity index (χ1v) is 4.71. The molecule has 0 radical (unpaired) electrons. The molecule has 0 aromatic carbocycles. The summed E-state index contributed by atoms with van der Waals surface area (Å²) in [5.74, 6) is 0.526. The van der Waals surface area contributed by atoms with Crippen LogP contribution in [0.4, 0.5) is 0 Å². The first-order valence-electron chi connectivity index (χ1n) is 4.71. The Morgan fingerprint density at radius 2 is 2.31 bits per heavy atom. The van der Waals surface area contributed by atoms with Gasteiger partial charge in [0.1, 0.15) is 0 Å². The van der Waals surface area contributed by atoms with Gasteiger partial charge in [0.15, 0.2) is 0 Å². The minimum atomic E-state index is -0.442.